The summed E-state index contributed by atoms with van der Waals surface area (Å²) in [4.78, 5) is 24.9. The van der Waals surface area contributed by atoms with Crippen molar-refractivity contribution in [1.29, 1.82) is 0 Å². The van der Waals surface area contributed by atoms with Crippen molar-refractivity contribution in [3.05, 3.63) is 41.1 Å². The number of nitrogens with one attached hydrogen (secondary N) is 2. The Hall–Kier alpha value is -2.50. The number of ether oxygens (including phenoxy) is 2. The largest absolute Gasteiger partial charge is 0.494 e. The zero-order valence-corrected chi connectivity index (χ0v) is 16.2. The summed E-state index contributed by atoms with van der Waals surface area (Å²) in [6, 6.07) is 6.55. The van der Waals surface area contributed by atoms with Crippen LogP contribution in [-0.2, 0) is 9.53 Å². The molecule has 1 heterocycles. The first-order chi connectivity index (χ1) is 13.0. The van der Waals surface area contributed by atoms with Gasteiger partial charge in [-0.05, 0) is 56.7 Å². The van der Waals surface area contributed by atoms with Gasteiger partial charge in [-0.15, -0.1) is 0 Å². The van der Waals surface area contributed by atoms with E-state index in [-0.39, 0.29) is 18.1 Å². The van der Waals surface area contributed by atoms with Crippen molar-refractivity contribution in [3.8, 4) is 5.75 Å². The molecule has 2 N–H and O–H groups in total. The number of urea groups is 1. The van der Waals surface area contributed by atoms with E-state index >= 15 is 0 Å². The van der Waals surface area contributed by atoms with Crippen molar-refractivity contribution in [2.75, 3.05) is 6.61 Å². The van der Waals surface area contributed by atoms with Crippen molar-refractivity contribution < 1.29 is 19.1 Å². The molecular formula is C21H28N2O4. The fourth-order valence-corrected chi connectivity index (χ4v) is 3.84. The highest BCUT2D eigenvalue weighted by molar-refractivity contribution is 5.95. The van der Waals surface area contributed by atoms with Gasteiger partial charge < -0.3 is 20.1 Å². The first kappa shape index (κ1) is 19.3. The maximum atomic E-state index is 12.9. The molecule has 1 fully saturated rings. The van der Waals surface area contributed by atoms with E-state index in [4.69, 9.17) is 9.47 Å². The first-order valence-electron chi connectivity index (χ1n) is 9.70. The standard InChI is InChI=1S/C21H28N2O4/c1-4-26-16-10-8-15(9-11-16)19-18(14(3)22-21(25)23-19)20(24)27-17-7-5-6-13(2)12-17/h8-11,13,17,19H,4-7,12H2,1-3H3,(H2,22,23,25)/t13-,17-,19+/m1/s1. The Bertz CT molecular complexity index is 726. The fraction of sp³-hybridized carbons (Fsp3) is 0.524. The molecule has 0 unspecified atom stereocenters. The molecule has 27 heavy (non-hydrogen) atoms. The summed E-state index contributed by atoms with van der Waals surface area (Å²) in [5, 5.41) is 5.53. The Labute approximate surface area is 160 Å². The molecule has 6 nitrogen and oxygen atoms in total. The predicted molar refractivity (Wildman–Crippen MR) is 102 cm³/mol. The second-order valence-corrected chi connectivity index (χ2v) is 7.37. The lowest BCUT2D eigenvalue weighted by atomic mass is 9.88. The van der Waals surface area contributed by atoms with E-state index in [1.807, 2.05) is 31.2 Å². The second-order valence-electron chi connectivity index (χ2n) is 7.37. The van der Waals surface area contributed by atoms with Gasteiger partial charge in [0.1, 0.15) is 11.9 Å². The average Bonchev–Trinajstić information content (AvgIpc) is 2.62. The SMILES string of the molecule is CCOc1ccc([C@@H]2NC(=O)NC(C)=C2C(=O)O[C@@H]2CCC[C@@H](C)C2)cc1. The predicted octanol–water partition coefficient (Wildman–Crippen LogP) is 3.84. The molecule has 0 saturated heterocycles. The number of amides is 2. The van der Waals surface area contributed by atoms with Gasteiger partial charge in [-0.3, -0.25) is 0 Å². The topological polar surface area (TPSA) is 76.7 Å². The van der Waals surface area contributed by atoms with Gasteiger partial charge >= 0.3 is 12.0 Å². The van der Waals surface area contributed by atoms with Gasteiger partial charge in [-0.1, -0.05) is 25.5 Å². The number of hydrogen-bond acceptors (Lipinski definition) is 4. The zero-order chi connectivity index (χ0) is 19.4. The highest BCUT2D eigenvalue weighted by Gasteiger charge is 2.34. The van der Waals surface area contributed by atoms with Crippen LogP contribution in [0.1, 0.15) is 58.1 Å². The molecule has 0 aromatic heterocycles. The number of rotatable bonds is 5. The molecular weight excluding hydrogens is 344 g/mol. The molecule has 2 aliphatic rings. The minimum atomic E-state index is -0.539. The van der Waals surface area contributed by atoms with Gasteiger partial charge in [-0.2, -0.15) is 0 Å². The summed E-state index contributed by atoms with van der Waals surface area (Å²) in [5.74, 6) is 0.957. The summed E-state index contributed by atoms with van der Waals surface area (Å²) < 4.78 is 11.3. The molecule has 1 aliphatic carbocycles. The van der Waals surface area contributed by atoms with E-state index in [1.54, 1.807) is 6.92 Å². The van der Waals surface area contributed by atoms with Gasteiger partial charge in [0, 0.05) is 5.70 Å². The monoisotopic (exact) mass is 372 g/mol. The Morgan fingerprint density at radius 2 is 1.96 bits per heavy atom. The lowest BCUT2D eigenvalue weighted by Crippen LogP contribution is -2.45. The van der Waals surface area contributed by atoms with Crippen molar-refractivity contribution in [2.45, 2.75) is 58.6 Å². The van der Waals surface area contributed by atoms with Gasteiger partial charge in [-0.25, -0.2) is 9.59 Å². The van der Waals surface area contributed by atoms with Gasteiger partial charge in [0.2, 0.25) is 0 Å². The number of hydrogen-bond donors (Lipinski definition) is 2. The van der Waals surface area contributed by atoms with Crippen LogP contribution in [0.15, 0.2) is 35.5 Å². The molecule has 0 radical (unpaired) electrons. The normalized spacial score (nSPS) is 25.4. The van der Waals surface area contributed by atoms with Gasteiger partial charge in [0.25, 0.3) is 0 Å². The minimum Gasteiger partial charge on any atom is -0.494 e. The van der Waals surface area contributed by atoms with E-state index in [2.05, 4.69) is 17.6 Å². The Morgan fingerprint density at radius 3 is 2.63 bits per heavy atom. The van der Waals surface area contributed by atoms with Crippen LogP contribution >= 0.6 is 0 Å². The molecule has 2 amide bonds. The van der Waals surface area contributed by atoms with Crippen molar-refractivity contribution >= 4 is 12.0 Å². The number of allylic oxidation sites excluding steroid dienone is 1. The third-order valence-corrected chi connectivity index (χ3v) is 5.18. The molecule has 3 atom stereocenters. The molecule has 1 aromatic rings. The highest BCUT2D eigenvalue weighted by atomic mass is 16.5. The second kappa shape index (κ2) is 8.46. The summed E-state index contributed by atoms with van der Waals surface area (Å²) in [7, 11) is 0. The third-order valence-electron chi connectivity index (χ3n) is 5.18. The maximum Gasteiger partial charge on any atom is 0.338 e. The first-order valence-corrected chi connectivity index (χ1v) is 9.70. The van der Waals surface area contributed by atoms with Crippen molar-refractivity contribution in [1.82, 2.24) is 10.6 Å². The lowest BCUT2D eigenvalue weighted by Gasteiger charge is -2.31. The van der Waals surface area contributed by atoms with E-state index in [0.29, 0.717) is 23.8 Å². The summed E-state index contributed by atoms with van der Waals surface area (Å²) >= 11 is 0. The minimum absolute atomic E-state index is 0.0554. The van der Waals surface area contributed by atoms with E-state index in [1.165, 1.54) is 6.42 Å². The number of benzene rings is 1. The number of carbonyl (C=O) groups is 2. The van der Waals surface area contributed by atoms with Crippen LogP contribution in [0.4, 0.5) is 4.79 Å². The molecule has 3 rings (SSSR count). The fourth-order valence-electron chi connectivity index (χ4n) is 3.84. The van der Waals surface area contributed by atoms with E-state index < -0.39 is 6.04 Å². The van der Waals surface area contributed by atoms with Gasteiger partial charge in [0.15, 0.2) is 0 Å². The van der Waals surface area contributed by atoms with E-state index in [9.17, 15) is 9.59 Å². The van der Waals surface area contributed by atoms with E-state index in [0.717, 1.165) is 30.6 Å². The lowest BCUT2D eigenvalue weighted by molar-refractivity contribution is -0.146. The molecule has 146 valence electrons. The quantitative estimate of drug-likeness (QED) is 0.770. The molecule has 6 heteroatoms. The molecule has 1 aromatic carbocycles. The highest BCUT2D eigenvalue weighted by Crippen LogP contribution is 2.31. The summed E-state index contributed by atoms with van der Waals surface area (Å²) in [6.45, 7) is 6.43. The van der Waals surface area contributed by atoms with Crippen LogP contribution in [0, 0.1) is 5.92 Å². The van der Waals surface area contributed by atoms with Crippen molar-refractivity contribution in [2.24, 2.45) is 5.92 Å². The maximum absolute atomic E-state index is 12.9. The molecule has 0 spiro atoms. The summed E-state index contributed by atoms with van der Waals surface area (Å²) in [5.41, 5.74) is 1.81. The van der Waals surface area contributed by atoms with Crippen molar-refractivity contribution in [3.63, 3.8) is 0 Å². The van der Waals surface area contributed by atoms with Crippen LogP contribution in [0.3, 0.4) is 0 Å². The zero-order valence-electron chi connectivity index (χ0n) is 16.2. The van der Waals surface area contributed by atoms with Crippen LogP contribution < -0.4 is 15.4 Å². The average molecular weight is 372 g/mol. The van der Waals surface area contributed by atoms with Crippen LogP contribution in [-0.4, -0.2) is 24.7 Å². The molecule has 1 aliphatic heterocycles. The molecule has 0 bridgehead atoms. The third kappa shape index (κ3) is 4.62. The van der Waals surface area contributed by atoms with Crippen LogP contribution in [0.5, 0.6) is 5.75 Å². The number of carbonyl (C=O) groups excluding carboxylic acids is 2. The Morgan fingerprint density at radius 1 is 1.22 bits per heavy atom. The Balaban J connectivity index is 1.81. The smallest absolute Gasteiger partial charge is 0.338 e. The number of esters is 1. The Kier molecular flexibility index (Phi) is 6.04. The van der Waals surface area contributed by atoms with Gasteiger partial charge in [0.05, 0.1) is 18.2 Å². The summed E-state index contributed by atoms with van der Waals surface area (Å²) in [6.07, 6.45) is 4.00. The van der Waals surface area contributed by atoms with Crippen LogP contribution in [0.25, 0.3) is 0 Å². The molecule has 1 saturated carbocycles. The van der Waals surface area contributed by atoms with Crippen LogP contribution in [0.2, 0.25) is 0 Å².